The highest BCUT2D eigenvalue weighted by Gasteiger charge is 2.09. The van der Waals surface area contributed by atoms with Crippen molar-refractivity contribution in [1.82, 2.24) is 20.5 Å². The van der Waals surface area contributed by atoms with Gasteiger partial charge in [0.15, 0.2) is 5.96 Å². The van der Waals surface area contributed by atoms with Gasteiger partial charge < -0.3 is 20.3 Å². The Kier molecular flexibility index (Phi) is 9.93. The molecule has 130 valence electrons. The van der Waals surface area contributed by atoms with Crippen LogP contribution in [0.25, 0.3) is 0 Å². The quantitative estimate of drug-likeness (QED) is 0.408. The number of piperidine rings is 1. The third-order valence-corrected chi connectivity index (χ3v) is 3.88. The fourth-order valence-corrected chi connectivity index (χ4v) is 2.66. The van der Waals surface area contributed by atoms with E-state index in [9.17, 15) is 0 Å². The summed E-state index contributed by atoms with van der Waals surface area (Å²) in [6, 6.07) is 3.91. The van der Waals surface area contributed by atoms with Gasteiger partial charge in [0.2, 0.25) is 5.88 Å². The lowest BCUT2D eigenvalue weighted by Gasteiger charge is -2.26. The van der Waals surface area contributed by atoms with Crippen LogP contribution in [-0.2, 0) is 6.54 Å². The van der Waals surface area contributed by atoms with Gasteiger partial charge in [-0.25, -0.2) is 4.98 Å². The lowest BCUT2D eigenvalue weighted by Crippen LogP contribution is -2.42. The van der Waals surface area contributed by atoms with E-state index in [0.717, 1.165) is 24.6 Å². The van der Waals surface area contributed by atoms with Gasteiger partial charge in [-0.2, -0.15) is 0 Å². The second-order valence-electron chi connectivity index (χ2n) is 5.43. The molecule has 0 spiro atoms. The van der Waals surface area contributed by atoms with Crippen molar-refractivity contribution in [2.45, 2.75) is 25.8 Å². The van der Waals surface area contributed by atoms with Crippen molar-refractivity contribution in [1.29, 1.82) is 0 Å². The molecule has 2 N–H and O–H groups in total. The van der Waals surface area contributed by atoms with E-state index >= 15 is 0 Å². The SMILES string of the molecule is CN=C(NCCN1CCCCC1)NCc1cccnc1OC.I. The lowest BCUT2D eigenvalue weighted by atomic mass is 10.1. The Hall–Kier alpha value is -1.09. The van der Waals surface area contributed by atoms with Crippen LogP contribution in [0.4, 0.5) is 0 Å². The van der Waals surface area contributed by atoms with Crippen LogP contribution < -0.4 is 15.4 Å². The second-order valence-corrected chi connectivity index (χ2v) is 5.43. The van der Waals surface area contributed by atoms with Gasteiger partial charge in [-0.15, -0.1) is 24.0 Å². The molecule has 1 aliphatic heterocycles. The molecule has 0 radical (unpaired) electrons. The third-order valence-electron chi connectivity index (χ3n) is 3.88. The number of pyridine rings is 1. The van der Waals surface area contributed by atoms with Crippen molar-refractivity contribution in [2.75, 3.05) is 40.3 Å². The van der Waals surface area contributed by atoms with Gasteiger partial charge in [-0.3, -0.25) is 4.99 Å². The summed E-state index contributed by atoms with van der Waals surface area (Å²) in [7, 11) is 3.42. The van der Waals surface area contributed by atoms with E-state index in [-0.39, 0.29) is 24.0 Å². The number of ether oxygens (including phenoxy) is 1. The van der Waals surface area contributed by atoms with Crippen LogP contribution in [0.5, 0.6) is 5.88 Å². The zero-order valence-electron chi connectivity index (χ0n) is 14.0. The van der Waals surface area contributed by atoms with Gasteiger partial charge in [-0.05, 0) is 32.0 Å². The minimum atomic E-state index is 0. The fourth-order valence-electron chi connectivity index (χ4n) is 2.66. The molecule has 0 unspecified atom stereocenters. The van der Waals surface area contributed by atoms with Gasteiger partial charge in [0.25, 0.3) is 0 Å². The highest BCUT2D eigenvalue weighted by atomic mass is 127. The normalized spacial score (nSPS) is 15.7. The number of hydrogen-bond donors (Lipinski definition) is 2. The van der Waals surface area contributed by atoms with Crippen LogP contribution in [0.3, 0.4) is 0 Å². The van der Waals surface area contributed by atoms with Crippen LogP contribution in [0.15, 0.2) is 23.3 Å². The summed E-state index contributed by atoms with van der Waals surface area (Å²) in [5.74, 6) is 1.46. The van der Waals surface area contributed by atoms with Gasteiger partial charge in [0.05, 0.1) is 7.11 Å². The summed E-state index contributed by atoms with van der Waals surface area (Å²) in [6.45, 7) is 5.06. The lowest BCUT2D eigenvalue weighted by molar-refractivity contribution is 0.232. The van der Waals surface area contributed by atoms with Crippen LogP contribution >= 0.6 is 24.0 Å². The number of hydrogen-bond acceptors (Lipinski definition) is 4. The van der Waals surface area contributed by atoms with E-state index in [2.05, 4.69) is 25.5 Å². The summed E-state index contributed by atoms with van der Waals surface area (Å²) in [6.07, 6.45) is 5.76. The molecule has 0 aliphatic carbocycles. The summed E-state index contributed by atoms with van der Waals surface area (Å²) in [4.78, 5) is 11.0. The largest absolute Gasteiger partial charge is 0.481 e. The van der Waals surface area contributed by atoms with E-state index < -0.39 is 0 Å². The van der Waals surface area contributed by atoms with Gasteiger partial charge in [0, 0.05) is 38.4 Å². The van der Waals surface area contributed by atoms with E-state index in [1.807, 2.05) is 12.1 Å². The Labute approximate surface area is 156 Å². The molecule has 1 saturated heterocycles. The van der Waals surface area contributed by atoms with Crippen molar-refractivity contribution in [2.24, 2.45) is 4.99 Å². The molecule has 23 heavy (non-hydrogen) atoms. The first-order valence-corrected chi connectivity index (χ1v) is 7.98. The molecule has 0 atom stereocenters. The molecule has 1 aromatic rings. The minimum Gasteiger partial charge on any atom is -0.481 e. The highest BCUT2D eigenvalue weighted by Crippen LogP contribution is 2.12. The molecular weight excluding hydrogens is 405 g/mol. The van der Waals surface area contributed by atoms with Crippen LogP contribution in [0.1, 0.15) is 24.8 Å². The standard InChI is InChI=1S/C16H27N5O.HI/c1-17-16(19-9-12-21-10-4-3-5-11-21)20-13-14-7-6-8-18-15(14)22-2;/h6-8H,3-5,9-13H2,1-2H3,(H2,17,19,20);1H. The Morgan fingerprint density at radius 3 is 2.78 bits per heavy atom. The number of nitrogens with one attached hydrogen (secondary N) is 2. The first-order chi connectivity index (χ1) is 10.8. The highest BCUT2D eigenvalue weighted by molar-refractivity contribution is 14.0. The molecule has 1 aliphatic rings. The van der Waals surface area contributed by atoms with Crippen molar-refractivity contribution in [3.05, 3.63) is 23.9 Å². The first kappa shape index (κ1) is 20.0. The van der Waals surface area contributed by atoms with Crippen molar-refractivity contribution < 1.29 is 4.74 Å². The van der Waals surface area contributed by atoms with Crippen LogP contribution in [0, 0.1) is 0 Å². The molecule has 6 nitrogen and oxygen atoms in total. The first-order valence-electron chi connectivity index (χ1n) is 7.98. The molecule has 7 heteroatoms. The van der Waals surface area contributed by atoms with Gasteiger partial charge >= 0.3 is 0 Å². The molecule has 0 bridgehead atoms. The number of aromatic nitrogens is 1. The number of aliphatic imine (C=N–C) groups is 1. The molecule has 0 saturated carbocycles. The fraction of sp³-hybridized carbons (Fsp3) is 0.625. The zero-order valence-corrected chi connectivity index (χ0v) is 16.4. The maximum atomic E-state index is 5.25. The minimum absolute atomic E-state index is 0. The van der Waals surface area contributed by atoms with Crippen LogP contribution in [0.2, 0.25) is 0 Å². The van der Waals surface area contributed by atoms with E-state index in [4.69, 9.17) is 4.74 Å². The summed E-state index contributed by atoms with van der Waals surface area (Å²) in [5, 5.41) is 6.66. The average molecular weight is 433 g/mol. The number of methoxy groups -OCH3 is 1. The second kappa shape index (κ2) is 11.4. The summed E-state index contributed by atoms with van der Waals surface area (Å²) >= 11 is 0. The predicted octanol–water partition coefficient (Wildman–Crippen LogP) is 1.86. The van der Waals surface area contributed by atoms with E-state index in [0.29, 0.717) is 12.4 Å². The van der Waals surface area contributed by atoms with Crippen LogP contribution in [-0.4, -0.2) is 56.2 Å². The Bertz CT molecular complexity index is 477. The maximum Gasteiger partial charge on any atom is 0.218 e. The van der Waals surface area contributed by atoms with E-state index in [1.165, 1.54) is 32.4 Å². The molecule has 2 rings (SSSR count). The number of guanidine groups is 1. The predicted molar refractivity (Wildman–Crippen MR) is 105 cm³/mol. The number of nitrogens with zero attached hydrogens (tertiary/aromatic N) is 3. The molecule has 0 amide bonds. The van der Waals surface area contributed by atoms with Crippen molar-refractivity contribution >= 4 is 29.9 Å². The molecular formula is C16H28IN5O. The Morgan fingerprint density at radius 2 is 2.09 bits per heavy atom. The Morgan fingerprint density at radius 1 is 1.30 bits per heavy atom. The smallest absolute Gasteiger partial charge is 0.218 e. The summed E-state index contributed by atoms with van der Waals surface area (Å²) < 4.78 is 5.25. The summed E-state index contributed by atoms with van der Waals surface area (Å²) in [5.41, 5.74) is 1.02. The van der Waals surface area contributed by atoms with Crippen molar-refractivity contribution in [3.8, 4) is 5.88 Å². The maximum absolute atomic E-state index is 5.25. The third kappa shape index (κ3) is 6.90. The molecule has 0 aromatic carbocycles. The topological polar surface area (TPSA) is 61.8 Å². The number of likely N-dealkylation sites (tertiary alicyclic amines) is 1. The number of halogens is 1. The Balaban J connectivity index is 0.00000264. The molecule has 1 fully saturated rings. The average Bonchev–Trinajstić information content (AvgIpc) is 2.59. The van der Waals surface area contributed by atoms with Gasteiger partial charge in [-0.1, -0.05) is 12.5 Å². The van der Waals surface area contributed by atoms with Crippen molar-refractivity contribution in [3.63, 3.8) is 0 Å². The zero-order chi connectivity index (χ0) is 15.6. The van der Waals surface area contributed by atoms with E-state index in [1.54, 1.807) is 20.4 Å². The number of rotatable bonds is 6. The molecule has 2 heterocycles. The molecule has 1 aromatic heterocycles. The monoisotopic (exact) mass is 433 g/mol. The van der Waals surface area contributed by atoms with Gasteiger partial charge in [0.1, 0.15) is 0 Å².